The minimum absolute atomic E-state index is 0.0638. The van der Waals surface area contributed by atoms with Crippen LogP contribution in [0, 0.1) is 0 Å². The minimum Gasteiger partial charge on any atom is -0.342 e. The van der Waals surface area contributed by atoms with Gasteiger partial charge in [0.15, 0.2) is 0 Å². The van der Waals surface area contributed by atoms with Gasteiger partial charge in [0.2, 0.25) is 5.95 Å². The molecule has 2 N–H and O–H groups in total. The summed E-state index contributed by atoms with van der Waals surface area (Å²) in [5.41, 5.74) is 0.749. The standard InChI is InChI=1S/C13H22N4O/c1-10(2)14-9-11-8-12(18)16-13(15-11)17-6-4-3-5-7-17/h8,10,14H,3-7,9H2,1-2H3,(H,15,16,18). The Morgan fingerprint density at radius 3 is 2.78 bits per heavy atom. The molecule has 1 aliphatic rings. The fourth-order valence-corrected chi connectivity index (χ4v) is 2.15. The number of aromatic nitrogens is 2. The summed E-state index contributed by atoms with van der Waals surface area (Å²) in [5, 5.41) is 3.29. The summed E-state index contributed by atoms with van der Waals surface area (Å²) in [4.78, 5) is 21.2. The molecule has 0 radical (unpaired) electrons. The van der Waals surface area contributed by atoms with Gasteiger partial charge in [-0.05, 0) is 19.3 Å². The lowest BCUT2D eigenvalue weighted by atomic mass is 10.1. The SMILES string of the molecule is CC(C)NCc1cc(=O)[nH]c(N2CCCCC2)n1. The molecule has 5 heteroatoms. The number of hydrogen-bond acceptors (Lipinski definition) is 4. The van der Waals surface area contributed by atoms with Crippen molar-refractivity contribution in [2.24, 2.45) is 0 Å². The molecule has 0 saturated carbocycles. The molecule has 0 amide bonds. The Labute approximate surface area is 108 Å². The van der Waals surface area contributed by atoms with Crippen LogP contribution in [0.2, 0.25) is 0 Å². The van der Waals surface area contributed by atoms with Crippen LogP contribution in [0.25, 0.3) is 0 Å². The quantitative estimate of drug-likeness (QED) is 0.844. The molecule has 2 rings (SSSR count). The Morgan fingerprint density at radius 2 is 2.11 bits per heavy atom. The number of anilines is 1. The topological polar surface area (TPSA) is 61.0 Å². The zero-order valence-corrected chi connectivity index (χ0v) is 11.2. The van der Waals surface area contributed by atoms with Gasteiger partial charge in [0.05, 0.1) is 5.69 Å². The van der Waals surface area contributed by atoms with Gasteiger partial charge in [-0.2, -0.15) is 0 Å². The first kappa shape index (κ1) is 13.1. The molecule has 100 valence electrons. The van der Waals surface area contributed by atoms with E-state index in [2.05, 4.69) is 34.0 Å². The highest BCUT2D eigenvalue weighted by atomic mass is 16.1. The first-order valence-electron chi connectivity index (χ1n) is 6.74. The predicted molar refractivity (Wildman–Crippen MR) is 72.9 cm³/mol. The lowest BCUT2D eigenvalue weighted by molar-refractivity contribution is 0.559. The second-order valence-electron chi connectivity index (χ2n) is 5.14. The van der Waals surface area contributed by atoms with E-state index in [4.69, 9.17) is 0 Å². The molecule has 1 saturated heterocycles. The number of nitrogens with zero attached hydrogens (tertiary/aromatic N) is 2. The molecule has 0 aliphatic carbocycles. The molecule has 0 spiro atoms. The van der Waals surface area contributed by atoms with Gasteiger partial charge in [0, 0.05) is 31.7 Å². The lowest BCUT2D eigenvalue weighted by Crippen LogP contribution is -2.33. The fourth-order valence-electron chi connectivity index (χ4n) is 2.15. The van der Waals surface area contributed by atoms with Crippen molar-refractivity contribution < 1.29 is 0 Å². The number of hydrogen-bond donors (Lipinski definition) is 2. The van der Waals surface area contributed by atoms with Gasteiger partial charge < -0.3 is 10.2 Å². The van der Waals surface area contributed by atoms with E-state index in [1.807, 2.05) is 0 Å². The third-order valence-corrected chi connectivity index (χ3v) is 3.13. The third kappa shape index (κ3) is 3.57. The highest BCUT2D eigenvalue weighted by Gasteiger charge is 2.13. The van der Waals surface area contributed by atoms with Crippen LogP contribution in [0.1, 0.15) is 38.8 Å². The molecule has 5 nitrogen and oxygen atoms in total. The van der Waals surface area contributed by atoms with Crippen LogP contribution in [0.3, 0.4) is 0 Å². The zero-order valence-electron chi connectivity index (χ0n) is 11.2. The lowest BCUT2D eigenvalue weighted by Gasteiger charge is -2.27. The smallest absolute Gasteiger partial charge is 0.252 e. The molecule has 1 aromatic rings. The monoisotopic (exact) mass is 250 g/mol. The maximum atomic E-state index is 11.6. The Hall–Kier alpha value is -1.36. The maximum absolute atomic E-state index is 11.6. The predicted octanol–water partition coefficient (Wildman–Crippen LogP) is 1.26. The zero-order chi connectivity index (χ0) is 13.0. The van der Waals surface area contributed by atoms with Gasteiger partial charge >= 0.3 is 0 Å². The average Bonchev–Trinajstić information content (AvgIpc) is 2.37. The molecule has 0 atom stereocenters. The second-order valence-corrected chi connectivity index (χ2v) is 5.14. The van der Waals surface area contributed by atoms with E-state index in [-0.39, 0.29) is 5.56 Å². The summed E-state index contributed by atoms with van der Waals surface area (Å²) in [6.07, 6.45) is 3.63. The summed E-state index contributed by atoms with van der Waals surface area (Å²) >= 11 is 0. The average molecular weight is 250 g/mol. The largest absolute Gasteiger partial charge is 0.342 e. The number of H-pyrrole nitrogens is 1. The van der Waals surface area contributed by atoms with E-state index in [9.17, 15) is 4.79 Å². The van der Waals surface area contributed by atoms with Crippen LogP contribution in [-0.2, 0) is 6.54 Å². The number of aromatic amines is 1. The van der Waals surface area contributed by atoms with Crippen molar-refractivity contribution in [1.82, 2.24) is 15.3 Å². The second kappa shape index (κ2) is 6.00. The van der Waals surface area contributed by atoms with Crippen molar-refractivity contribution in [2.45, 2.75) is 45.7 Å². The van der Waals surface area contributed by atoms with Crippen LogP contribution in [0.5, 0.6) is 0 Å². The van der Waals surface area contributed by atoms with Crippen LogP contribution in [-0.4, -0.2) is 29.1 Å². The molecular weight excluding hydrogens is 228 g/mol. The van der Waals surface area contributed by atoms with Gasteiger partial charge in [-0.3, -0.25) is 9.78 Å². The van der Waals surface area contributed by atoms with E-state index < -0.39 is 0 Å². The Morgan fingerprint density at radius 1 is 1.39 bits per heavy atom. The molecule has 1 fully saturated rings. The molecule has 18 heavy (non-hydrogen) atoms. The summed E-state index contributed by atoms with van der Waals surface area (Å²) in [6.45, 7) is 6.79. The van der Waals surface area contributed by atoms with Crippen molar-refractivity contribution in [1.29, 1.82) is 0 Å². The molecular formula is C13H22N4O. The summed E-state index contributed by atoms with van der Waals surface area (Å²) < 4.78 is 0. The summed E-state index contributed by atoms with van der Waals surface area (Å²) in [5.74, 6) is 0.725. The van der Waals surface area contributed by atoms with Crippen molar-refractivity contribution in [3.8, 4) is 0 Å². The molecule has 0 bridgehead atoms. The first-order valence-corrected chi connectivity index (χ1v) is 6.74. The van der Waals surface area contributed by atoms with Gasteiger partial charge in [-0.15, -0.1) is 0 Å². The minimum atomic E-state index is -0.0638. The molecule has 0 unspecified atom stereocenters. The summed E-state index contributed by atoms with van der Waals surface area (Å²) in [7, 11) is 0. The van der Waals surface area contributed by atoms with E-state index in [0.717, 1.165) is 24.7 Å². The van der Waals surface area contributed by atoms with E-state index in [1.165, 1.54) is 19.3 Å². The van der Waals surface area contributed by atoms with Crippen molar-refractivity contribution >= 4 is 5.95 Å². The highest BCUT2D eigenvalue weighted by Crippen LogP contribution is 2.14. The van der Waals surface area contributed by atoms with Gasteiger partial charge in [-0.1, -0.05) is 13.8 Å². The van der Waals surface area contributed by atoms with Crippen LogP contribution in [0.15, 0.2) is 10.9 Å². The van der Waals surface area contributed by atoms with E-state index >= 15 is 0 Å². The Kier molecular flexibility index (Phi) is 4.36. The normalized spacial score (nSPS) is 16.3. The van der Waals surface area contributed by atoms with Crippen molar-refractivity contribution in [3.05, 3.63) is 22.1 Å². The van der Waals surface area contributed by atoms with E-state index in [0.29, 0.717) is 12.6 Å². The Balaban J connectivity index is 2.12. The highest BCUT2D eigenvalue weighted by molar-refractivity contribution is 5.30. The molecule has 1 aliphatic heterocycles. The molecule has 1 aromatic heterocycles. The number of piperidine rings is 1. The van der Waals surface area contributed by atoms with Gasteiger partial charge in [-0.25, -0.2) is 4.98 Å². The Bertz CT molecular complexity index is 435. The number of rotatable bonds is 4. The van der Waals surface area contributed by atoms with Crippen molar-refractivity contribution in [2.75, 3.05) is 18.0 Å². The molecule has 0 aromatic carbocycles. The van der Waals surface area contributed by atoms with Crippen molar-refractivity contribution in [3.63, 3.8) is 0 Å². The van der Waals surface area contributed by atoms with Gasteiger partial charge in [0.25, 0.3) is 5.56 Å². The van der Waals surface area contributed by atoms with Crippen LogP contribution >= 0.6 is 0 Å². The van der Waals surface area contributed by atoms with Gasteiger partial charge in [0.1, 0.15) is 0 Å². The molecule has 2 heterocycles. The number of nitrogens with one attached hydrogen (secondary N) is 2. The van der Waals surface area contributed by atoms with Crippen LogP contribution in [0.4, 0.5) is 5.95 Å². The first-order chi connectivity index (χ1) is 8.65. The van der Waals surface area contributed by atoms with E-state index in [1.54, 1.807) is 6.07 Å². The third-order valence-electron chi connectivity index (χ3n) is 3.13. The van der Waals surface area contributed by atoms with Crippen LogP contribution < -0.4 is 15.8 Å². The maximum Gasteiger partial charge on any atom is 0.252 e. The summed E-state index contributed by atoms with van der Waals surface area (Å²) in [6, 6.07) is 1.97. The fraction of sp³-hybridized carbons (Fsp3) is 0.692.